The maximum Gasteiger partial charge on any atom is 0.227 e. The molecule has 3 saturated heterocycles. The molecule has 0 bridgehead atoms. The lowest BCUT2D eigenvalue weighted by atomic mass is 10.0. The molecule has 0 unspecified atom stereocenters. The summed E-state index contributed by atoms with van der Waals surface area (Å²) in [6.45, 7) is 15.6. The number of aliphatic imine (C=N–C) groups is 1. The van der Waals surface area contributed by atoms with E-state index in [-0.39, 0.29) is 18.2 Å². The summed E-state index contributed by atoms with van der Waals surface area (Å²) in [4.78, 5) is 22.7. The van der Waals surface area contributed by atoms with Gasteiger partial charge in [0.25, 0.3) is 0 Å². The summed E-state index contributed by atoms with van der Waals surface area (Å²) in [7, 11) is 0. The van der Waals surface area contributed by atoms with E-state index in [1.54, 1.807) is 0 Å². The van der Waals surface area contributed by atoms with Crippen molar-refractivity contribution in [3.8, 4) is 6.07 Å². The molecule has 3 fully saturated rings. The minimum Gasteiger partial charge on any atom is -0.370 e. The number of aromatic nitrogens is 2. The molecule has 3 aliphatic rings. The van der Waals surface area contributed by atoms with Crippen LogP contribution in [0.1, 0.15) is 25.0 Å². The second kappa shape index (κ2) is 11.5. The van der Waals surface area contributed by atoms with Gasteiger partial charge in [0.2, 0.25) is 5.95 Å². The number of nitriles is 1. The van der Waals surface area contributed by atoms with Gasteiger partial charge in [-0.15, -0.1) is 0 Å². The molecule has 0 spiro atoms. The lowest BCUT2D eigenvalue weighted by molar-refractivity contribution is -0.0328. The zero-order chi connectivity index (χ0) is 26.6. The molecule has 2 atom stereocenters. The van der Waals surface area contributed by atoms with Crippen LogP contribution in [0.4, 0.5) is 23.1 Å². The van der Waals surface area contributed by atoms with Crippen LogP contribution in [0.15, 0.2) is 35.5 Å². The van der Waals surface area contributed by atoms with Gasteiger partial charge in [0, 0.05) is 82.4 Å². The van der Waals surface area contributed by atoms with E-state index in [4.69, 9.17) is 15.5 Å². The van der Waals surface area contributed by atoms with Gasteiger partial charge in [-0.05, 0) is 38.8 Å². The van der Waals surface area contributed by atoms with Gasteiger partial charge in [-0.1, -0.05) is 12.2 Å². The Morgan fingerprint density at radius 1 is 1.13 bits per heavy atom. The Balaban J connectivity index is 1.22. The van der Waals surface area contributed by atoms with Crippen LogP contribution in [-0.4, -0.2) is 98.7 Å². The van der Waals surface area contributed by atoms with Gasteiger partial charge in [0.05, 0.1) is 23.5 Å². The fraction of sp³-hybridized carbons (Fsp3) is 0.500. The summed E-state index contributed by atoms with van der Waals surface area (Å²) in [5.74, 6) is 1.75. The highest BCUT2D eigenvalue weighted by Gasteiger charge is 2.31. The van der Waals surface area contributed by atoms with E-state index in [1.807, 2.05) is 43.5 Å². The minimum atomic E-state index is 0.0841. The highest BCUT2D eigenvalue weighted by molar-refractivity contribution is 5.82. The summed E-state index contributed by atoms with van der Waals surface area (Å²) < 4.78 is 6.38. The minimum absolute atomic E-state index is 0.0841. The van der Waals surface area contributed by atoms with E-state index in [9.17, 15) is 5.26 Å². The molecule has 38 heavy (non-hydrogen) atoms. The Labute approximate surface area is 225 Å². The molecule has 2 aromatic rings. The molecule has 1 aromatic heterocycles. The highest BCUT2D eigenvalue weighted by atomic mass is 16.5. The first-order valence-electron chi connectivity index (χ1n) is 13.4. The highest BCUT2D eigenvalue weighted by Crippen LogP contribution is 2.35. The molecule has 5 rings (SSSR count). The largest absolute Gasteiger partial charge is 0.370 e. The molecule has 200 valence electrons. The number of anilines is 3. The molecular weight excluding hydrogens is 478 g/mol. The van der Waals surface area contributed by atoms with Gasteiger partial charge in [-0.2, -0.15) is 10.2 Å². The number of ether oxygens (including phenoxy) is 1. The van der Waals surface area contributed by atoms with Gasteiger partial charge in [-0.3, -0.25) is 9.89 Å². The van der Waals surface area contributed by atoms with Crippen molar-refractivity contribution in [2.45, 2.75) is 32.1 Å². The van der Waals surface area contributed by atoms with Gasteiger partial charge >= 0.3 is 0 Å². The second-order valence-corrected chi connectivity index (χ2v) is 10.3. The number of allylic oxidation sites excluding steroid dienone is 1. The van der Waals surface area contributed by atoms with Crippen molar-refractivity contribution < 1.29 is 4.74 Å². The van der Waals surface area contributed by atoms with E-state index in [0.717, 1.165) is 81.9 Å². The SMILES string of the molecule is C=Nc1c(C#N)ccc(N2C[C@H](CN3CCN(c4ccnc(N5CC(N)C5)n4)CC3)O[C@H](C)C2)c1/C=C\C. The van der Waals surface area contributed by atoms with E-state index in [0.29, 0.717) is 11.3 Å². The summed E-state index contributed by atoms with van der Waals surface area (Å²) >= 11 is 0. The van der Waals surface area contributed by atoms with Crippen LogP contribution in [0.25, 0.3) is 6.08 Å². The van der Waals surface area contributed by atoms with Gasteiger partial charge in [-0.25, -0.2) is 4.98 Å². The van der Waals surface area contributed by atoms with Crippen LogP contribution in [-0.2, 0) is 4.74 Å². The molecule has 10 nitrogen and oxygen atoms in total. The lowest BCUT2D eigenvalue weighted by Crippen LogP contribution is -2.56. The van der Waals surface area contributed by atoms with Crippen molar-refractivity contribution in [1.29, 1.82) is 5.26 Å². The first-order valence-corrected chi connectivity index (χ1v) is 13.4. The van der Waals surface area contributed by atoms with E-state index >= 15 is 0 Å². The monoisotopic (exact) mass is 515 g/mol. The normalized spacial score (nSPS) is 22.9. The zero-order valence-electron chi connectivity index (χ0n) is 22.3. The number of benzene rings is 1. The Morgan fingerprint density at radius 3 is 2.61 bits per heavy atom. The third-order valence-corrected chi connectivity index (χ3v) is 7.45. The Kier molecular flexibility index (Phi) is 7.88. The Morgan fingerprint density at radius 2 is 1.92 bits per heavy atom. The average molecular weight is 516 g/mol. The van der Waals surface area contributed by atoms with Crippen LogP contribution >= 0.6 is 0 Å². The number of nitrogens with zero attached hydrogens (tertiary/aromatic N) is 8. The topological polar surface area (TPSA) is 110 Å². The van der Waals surface area contributed by atoms with Crippen molar-refractivity contribution in [3.05, 3.63) is 41.6 Å². The standard InChI is InChI=1S/C28H37N9O/c1-4-5-24-25(7-6-21(14-29)27(24)31-3)36-15-20(2)38-23(19-36)18-34-10-12-35(13-11-34)26-8-9-32-28(33-26)37-16-22(30)17-37/h4-9,20,22-23H,3,10-13,15-19,30H2,1-2H3/b5-4-/t20-,23+/m1/s1. The quantitative estimate of drug-likeness (QED) is 0.555. The van der Waals surface area contributed by atoms with Crippen molar-refractivity contribution in [2.24, 2.45) is 10.7 Å². The molecule has 0 aliphatic carbocycles. The number of morpholine rings is 1. The van der Waals surface area contributed by atoms with Crippen LogP contribution in [0.3, 0.4) is 0 Å². The molecule has 10 heteroatoms. The maximum atomic E-state index is 9.54. The Bertz CT molecular complexity index is 1210. The summed E-state index contributed by atoms with van der Waals surface area (Å²) in [6.07, 6.45) is 6.02. The van der Waals surface area contributed by atoms with Crippen molar-refractivity contribution in [2.75, 3.05) is 73.6 Å². The first kappa shape index (κ1) is 26.1. The smallest absolute Gasteiger partial charge is 0.227 e. The lowest BCUT2D eigenvalue weighted by Gasteiger charge is -2.42. The number of piperazine rings is 1. The summed E-state index contributed by atoms with van der Waals surface area (Å²) in [5.41, 5.74) is 9.11. The fourth-order valence-electron chi connectivity index (χ4n) is 5.60. The van der Waals surface area contributed by atoms with Gasteiger partial charge in [0.1, 0.15) is 11.9 Å². The van der Waals surface area contributed by atoms with E-state index in [2.05, 4.69) is 49.3 Å². The summed E-state index contributed by atoms with van der Waals surface area (Å²) in [5, 5.41) is 9.54. The van der Waals surface area contributed by atoms with E-state index in [1.165, 1.54) is 0 Å². The van der Waals surface area contributed by atoms with Crippen molar-refractivity contribution >= 4 is 35.9 Å². The number of nitrogens with two attached hydrogens (primary N) is 1. The van der Waals surface area contributed by atoms with Crippen molar-refractivity contribution in [3.63, 3.8) is 0 Å². The zero-order valence-corrected chi connectivity index (χ0v) is 22.3. The Hall–Kier alpha value is -3.52. The van der Waals surface area contributed by atoms with Gasteiger partial charge in [0.15, 0.2) is 0 Å². The first-order chi connectivity index (χ1) is 18.5. The van der Waals surface area contributed by atoms with Gasteiger partial charge < -0.3 is 25.2 Å². The average Bonchev–Trinajstić information content (AvgIpc) is 2.91. The van der Waals surface area contributed by atoms with Crippen LogP contribution < -0.4 is 20.4 Å². The van der Waals surface area contributed by atoms with Crippen molar-refractivity contribution in [1.82, 2.24) is 14.9 Å². The fourth-order valence-corrected chi connectivity index (χ4v) is 5.60. The predicted molar refractivity (Wildman–Crippen MR) is 152 cm³/mol. The van der Waals surface area contributed by atoms with Crippen LogP contribution in [0, 0.1) is 11.3 Å². The second-order valence-electron chi connectivity index (χ2n) is 10.3. The molecule has 4 heterocycles. The molecule has 3 aliphatic heterocycles. The molecule has 0 saturated carbocycles. The number of hydrogen-bond acceptors (Lipinski definition) is 10. The van der Waals surface area contributed by atoms with E-state index < -0.39 is 0 Å². The molecular formula is C28H37N9O. The molecule has 1 aromatic carbocycles. The third kappa shape index (κ3) is 5.50. The predicted octanol–water partition coefficient (Wildman–Crippen LogP) is 2.28. The molecule has 0 radical (unpaired) electrons. The third-order valence-electron chi connectivity index (χ3n) is 7.45. The molecule has 2 N–H and O–H groups in total. The summed E-state index contributed by atoms with van der Waals surface area (Å²) in [6, 6.07) is 8.33. The maximum absolute atomic E-state index is 9.54. The van der Waals surface area contributed by atoms with Crippen LogP contribution in [0.2, 0.25) is 0 Å². The number of rotatable bonds is 7. The van der Waals surface area contributed by atoms with Crippen LogP contribution in [0.5, 0.6) is 0 Å². The number of hydrogen-bond donors (Lipinski definition) is 1. The molecule has 0 amide bonds.